The Morgan fingerprint density at radius 2 is 1.97 bits per heavy atom. The average molecular weight is 435 g/mol. The van der Waals surface area contributed by atoms with Crippen LogP contribution in [0.3, 0.4) is 0 Å². The normalized spacial score (nSPS) is 15.1. The molecule has 1 unspecified atom stereocenters. The van der Waals surface area contributed by atoms with E-state index in [1.54, 1.807) is 12.0 Å². The fraction of sp³-hybridized carbons (Fsp3) is 0.217. The van der Waals surface area contributed by atoms with Gasteiger partial charge in [0.15, 0.2) is 11.9 Å². The number of anilines is 1. The molecule has 1 aliphatic rings. The zero-order valence-electron chi connectivity index (χ0n) is 17.5. The minimum absolute atomic E-state index is 0.152. The molecule has 2 aromatic carbocycles. The van der Waals surface area contributed by atoms with Crippen LogP contribution in [0.5, 0.6) is 11.6 Å². The van der Waals surface area contributed by atoms with Crippen LogP contribution in [-0.2, 0) is 4.79 Å². The van der Waals surface area contributed by atoms with E-state index in [2.05, 4.69) is 15.2 Å². The van der Waals surface area contributed by atoms with Gasteiger partial charge in [-0.25, -0.2) is 0 Å². The van der Waals surface area contributed by atoms with E-state index in [4.69, 9.17) is 9.47 Å². The Bertz CT molecular complexity index is 1120. The fourth-order valence-electron chi connectivity index (χ4n) is 3.31. The van der Waals surface area contributed by atoms with Gasteiger partial charge < -0.3 is 9.47 Å². The van der Waals surface area contributed by atoms with Crippen molar-refractivity contribution < 1.29 is 14.3 Å². The monoisotopic (exact) mass is 434 g/mol. The number of amides is 1. The van der Waals surface area contributed by atoms with E-state index in [0.717, 1.165) is 22.6 Å². The van der Waals surface area contributed by atoms with Crippen molar-refractivity contribution in [3.63, 3.8) is 0 Å². The number of rotatable bonds is 5. The molecule has 8 heteroatoms. The molecule has 0 bridgehead atoms. The summed E-state index contributed by atoms with van der Waals surface area (Å²) in [4.78, 5) is 18.8. The summed E-state index contributed by atoms with van der Waals surface area (Å²) in [6.45, 7) is 3.54. The highest BCUT2D eigenvalue weighted by Gasteiger charge is 2.32. The van der Waals surface area contributed by atoms with Crippen LogP contribution in [0, 0.1) is 0 Å². The lowest BCUT2D eigenvalue weighted by Crippen LogP contribution is -2.41. The first kappa shape index (κ1) is 20.9. The van der Waals surface area contributed by atoms with Crippen LogP contribution in [0.1, 0.15) is 19.4 Å². The Labute approximate surface area is 185 Å². The van der Waals surface area contributed by atoms with Gasteiger partial charge in [0.05, 0.1) is 12.8 Å². The number of carbonyl (C=O) groups is 1. The van der Waals surface area contributed by atoms with Gasteiger partial charge in [0.1, 0.15) is 5.75 Å². The zero-order chi connectivity index (χ0) is 21.8. The van der Waals surface area contributed by atoms with Crippen LogP contribution in [-0.4, -0.2) is 40.2 Å². The summed E-state index contributed by atoms with van der Waals surface area (Å²) in [5.41, 5.74) is 2.92. The van der Waals surface area contributed by atoms with E-state index < -0.39 is 6.23 Å². The lowest BCUT2D eigenvalue weighted by atomic mass is 10.1. The van der Waals surface area contributed by atoms with Crippen molar-refractivity contribution in [2.75, 3.05) is 17.8 Å². The van der Waals surface area contributed by atoms with Gasteiger partial charge in [-0.15, -0.1) is 10.2 Å². The van der Waals surface area contributed by atoms with E-state index in [0.29, 0.717) is 22.4 Å². The number of fused-ring (bicyclic) bond motifs is 3. The zero-order valence-corrected chi connectivity index (χ0v) is 18.3. The van der Waals surface area contributed by atoms with Gasteiger partial charge in [-0.05, 0) is 35.6 Å². The lowest BCUT2D eigenvalue weighted by molar-refractivity contribution is -0.117. The van der Waals surface area contributed by atoms with Crippen LogP contribution < -0.4 is 14.4 Å². The first-order valence-corrected chi connectivity index (χ1v) is 10.8. The molecule has 31 heavy (non-hydrogen) atoms. The summed E-state index contributed by atoms with van der Waals surface area (Å²) >= 11 is 1.48. The molecule has 0 aliphatic carbocycles. The molecule has 1 aromatic heterocycles. The topological polar surface area (TPSA) is 77.4 Å². The highest BCUT2D eigenvalue weighted by molar-refractivity contribution is 7.99. The quantitative estimate of drug-likeness (QED) is 0.549. The second kappa shape index (κ2) is 9.18. The molecule has 0 saturated carbocycles. The summed E-state index contributed by atoms with van der Waals surface area (Å²) in [6.07, 6.45) is 3.05. The van der Waals surface area contributed by atoms with Gasteiger partial charge in [-0.1, -0.05) is 55.1 Å². The Kier molecular flexibility index (Phi) is 6.18. The van der Waals surface area contributed by atoms with Crippen LogP contribution >= 0.6 is 11.8 Å². The van der Waals surface area contributed by atoms with Crippen molar-refractivity contribution in [3.8, 4) is 22.9 Å². The summed E-state index contributed by atoms with van der Waals surface area (Å²) in [6, 6.07) is 15.2. The highest BCUT2D eigenvalue weighted by atomic mass is 32.2. The van der Waals surface area contributed by atoms with Crippen LogP contribution in [0.25, 0.3) is 17.3 Å². The number of carbonyl (C=O) groups excluding carboxylic acids is 1. The summed E-state index contributed by atoms with van der Waals surface area (Å²) in [5, 5.41) is 9.12. The summed E-state index contributed by atoms with van der Waals surface area (Å²) in [7, 11) is 1.63. The van der Waals surface area contributed by atoms with Crippen molar-refractivity contribution in [2.24, 2.45) is 0 Å². The number of methoxy groups -OCH3 is 1. The Morgan fingerprint density at radius 1 is 1.19 bits per heavy atom. The van der Waals surface area contributed by atoms with Crippen molar-refractivity contribution >= 4 is 29.4 Å². The maximum Gasteiger partial charge on any atom is 0.247 e. The number of hydrogen-bond donors (Lipinski definition) is 0. The largest absolute Gasteiger partial charge is 0.497 e. The van der Waals surface area contributed by atoms with Gasteiger partial charge in [0.25, 0.3) is 0 Å². The fourth-order valence-corrected chi connectivity index (χ4v) is 3.81. The molecule has 0 spiro atoms. The van der Waals surface area contributed by atoms with Gasteiger partial charge in [-0.3, -0.25) is 9.69 Å². The lowest BCUT2D eigenvalue weighted by Gasteiger charge is -2.27. The first-order valence-electron chi connectivity index (χ1n) is 9.86. The molecule has 0 radical (unpaired) electrons. The molecule has 4 rings (SSSR count). The average Bonchev–Trinajstić information content (AvgIpc) is 2.92. The van der Waals surface area contributed by atoms with Crippen LogP contribution in [0.4, 0.5) is 5.69 Å². The van der Waals surface area contributed by atoms with Gasteiger partial charge in [0.2, 0.25) is 16.9 Å². The Hall–Kier alpha value is -3.39. The third kappa shape index (κ3) is 4.39. The molecule has 1 amide bonds. The minimum atomic E-state index is -0.696. The number of nitrogens with zero attached hydrogens (tertiary/aromatic N) is 4. The maximum atomic E-state index is 12.7. The van der Waals surface area contributed by atoms with E-state index >= 15 is 0 Å². The Morgan fingerprint density at radius 3 is 2.68 bits per heavy atom. The van der Waals surface area contributed by atoms with E-state index in [9.17, 15) is 4.79 Å². The molecular formula is C23H22N4O3S. The highest BCUT2D eigenvalue weighted by Crippen LogP contribution is 2.39. The second-order valence-corrected chi connectivity index (χ2v) is 7.96. The molecule has 158 valence electrons. The predicted molar refractivity (Wildman–Crippen MR) is 121 cm³/mol. The van der Waals surface area contributed by atoms with Gasteiger partial charge in [0, 0.05) is 12.5 Å². The molecule has 0 N–H and O–H groups in total. The molecule has 0 fully saturated rings. The third-order valence-corrected chi connectivity index (χ3v) is 5.44. The summed E-state index contributed by atoms with van der Waals surface area (Å²) < 4.78 is 11.4. The SMILES string of the molecule is CCSc1nnc2c(n1)OC(C=Cc1ccc(OC)cc1)N(C(C)=O)c1ccccc1-2. The van der Waals surface area contributed by atoms with Crippen molar-refractivity contribution in [3.05, 3.63) is 60.2 Å². The number of ether oxygens (including phenoxy) is 2. The minimum Gasteiger partial charge on any atom is -0.497 e. The number of para-hydroxylation sites is 1. The van der Waals surface area contributed by atoms with Crippen molar-refractivity contribution in [1.29, 1.82) is 0 Å². The standard InChI is InChI=1S/C23H22N4O3S/c1-4-31-23-24-22-21(25-26-23)18-7-5-6-8-19(18)27(15(2)28)20(30-22)14-11-16-9-12-17(29-3)13-10-16/h5-14,20H,4H2,1-3H3. The molecule has 7 nitrogen and oxygen atoms in total. The molecule has 0 saturated heterocycles. The third-order valence-electron chi connectivity index (χ3n) is 4.72. The van der Waals surface area contributed by atoms with Crippen LogP contribution in [0.15, 0.2) is 59.8 Å². The van der Waals surface area contributed by atoms with Gasteiger partial charge in [-0.2, -0.15) is 4.98 Å². The summed E-state index contributed by atoms with van der Waals surface area (Å²) in [5.74, 6) is 1.80. The number of thioether (sulfide) groups is 1. The number of aromatic nitrogens is 3. The first-order chi connectivity index (χ1) is 15.1. The molecule has 2 heterocycles. The van der Waals surface area contributed by atoms with Crippen molar-refractivity contribution in [2.45, 2.75) is 25.2 Å². The van der Waals surface area contributed by atoms with E-state index in [1.807, 2.05) is 67.6 Å². The smallest absolute Gasteiger partial charge is 0.247 e. The van der Waals surface area contributed by atoms with Crippen LogP contribution in [0.2, 0.25) is 0 Å². The molecule has 3 aromatic rings. The van der Waals surface area contributed by atoms with Crippen molar-refractivity contribution in [1.82, 2.24) is 15.2 Å². The predicted octanol–water partition coefficient (Wildman–Crippen LogP) is 4.44. The van der Waals surface area contributed by atoms with E-state index in [-0.39, 0.29) is 5.91 Å². The Balaban J connectivity index is 1.79. The molecule has 1 aliphatic heterocycles. The molecule has 1 atom stereocenters. The van der Waals surface area contributed by atoms with E-state index in [1.165, 1.54) is 18.7 Å². The second-order valence-electron chi connectivity index (χ2n) is 6.73. The maximum absolute atomic E-state index is 12.7. The number of hydrogen-bond acceptors (Lipinski definition) is 7. The van der Waals surface area contributed by atoms with Gasteiger partial charge >= 0.3 is 0 Å². The number of benzene rings is 2. The molecular weight excluding hydrogens is 412 g/mol.